The van der Waals surface area contributed by atoms with E-state index in [0.717, 1.165) is 12.1 Å². The average Bonchev–Trinajstić information content (AvgIpc) is 2.45. The first-order valence-electron chi connectivity index (χ1n) is 5.75. The van der Waals surface area contributed by atoms with Gasteiger partial charge in [-0.2, -0.15) is 0 Å². The van der Waals surface area contributed by atoms with E-state index < -0.39 is 32.2 Å². The van der Waals surface area contributed by atoms with Gasteiger partial charge in [-0.1, -0.05) is 0 Å². The molecule has 3 N–H and O–H groups in total. The van der Waals surface area contributed by atoms with Crippen LogP contribution in [0.1, 0.15) is 0 Å². The zero-order valence-corrected chi connectivity index (χ0v) is 11.7. The Hall–Kier alpha value is -2.35. The summed E-state index contributed by atoms with van der Waals surface area (Å²) >= 11 is 0. The molecule has 2 aromatic carbocycles. The molecule has 0 amide bonds. The van der Waals surface area contributed by atoms with Gasteiger partial charge >= 0.3 is 0 Å². The Bertz CT molecular complexity index is 762. The quantitative estimate of drug-likeness (QED) is 0.849. The molecule has 0 fully saturated rings. The number of halogens is 2. The molecular weight excluding hydrogens is 302 g/mol. The number of sulfonamides is 1. The van der Waals surface area contributed by atoms with Crippen LogP contribution in [0.2, 0.25) is 0 Å². The molecule has 2 aromatic rings. The summed E-state index contributed by atoms with van der Waals surface area (Å²) in [6.07, 6.45) is 0. The van der Waals surface area contributed by atoms with Gasteiger partial charge in [-0.05, 0) is 36.4 Å². The van der Waals surface area contributed by atoms with Gasteiger partial charge < -0.3 is 10.5 Å². The minimum absolute atomic E-state index is 0.207. The lowest BCUT2D eigenvalue weighted by Crippen LogP contribution is -2.15. The zero-order chi connectivity index (χ0) is 15.6. The highest BCUT2D eigenvalue weighted by atomic mass is 32.2. The number of methoxy groups -OCH3 is 1. The van der Waals surface area contributed by atoms with E-state index in [0.29, 0.717) is 5.75 Å². The number of nitrogen functional groups attached to an aromatic ring is 1. The molecule has 5 nitrogen and oxygen atoms in total. The minimum atomic E-state index is -4.22. The van der Waals surface area contributed by atoms with E-state index in [1.54, 1.807) is 0 Å². The van der Waals surface area contributed by atoms with Crippen LogP contribution >= 0.6 is 0 Å². The predicted molar refractivity (Wildman–Crippen MR) is 74.6 cm³/mol. The molecule has 0 aromatic heterocycles. The van der Waals surface area contributed by atoms with Crippen LogP contribution < -0.4 is 15.2 Å². The van der Waals surface area contributed by atoms with Gasteiger partial charge in [-0.15, -0.1) is 0 Å². The van der Waals surface area contributed by atoms with Crippen molar-refractivity contribution in [2.45, 2.75) is 4.90 Å². The topological polar surface area (TPSA) is 81.4 Å². The third kappa shape index (κ3) is 3.05. The molecule has 0 spiro atoms. The number of benzene rings is 2. The molecular formula is C13H12F2N2O3S. The van der Waals surface area contributed by atoms with Crippen LogP contribution in [-0.4, -0.2) is 15.5 Å². The van der Waals surface area contributed by atoms with Crippen molar-refractivity contribution in [3.05, 3.63) is 48.0 Å². The molecule has 0 bridgehead atoms. The SMILES string of the molecule is COc1ccc(NS(=O)(=O)c2ccc(F)c(N)c2F)cc1. The molecule has 0 aliphatic heterocycles. The molecule has 0 heterocycles. The Balaban J connectivity index is 2.36. The van der Waals surface area contributed by atoms with Crippen LogP contribution in [0.4, 0.5) is 20.2 Å². The Kier molecular flexibility index (Phi) is 3.99. The fourth-order valence-corrected chi connectivity index (χ4v) is 2.78. The minimum Gasteiger partial charge on any atom is -0.497 e. The van der Waals surface area contributed by atoms with Crippen molar-refractivity contribution in [1.29, 1.82) is 0 Å². The van der Waals surface area contributed by atoms with E-state index >= 15 is 0 Å². The number of hydrogen-bond acceptors (Lipinski definition) is 4. The highest BCUT2D eigenvalue weighted by molar-refractivity contribution is 7.92. The van der Waals surface area contributed by atoms with E-state index in [-0.39, 0.29) is 5.69 Å². The third-order valence-corrected chi connectivity index (χ3v) is 4.12. The summed E-state index contributed by atoms with van der Waals surface area (Å²) in [5.74, 6) is -1.80. The predicted octanol–water partition coefficient (Wildman–Crippen LogP) is 2.36. The van der Waals surface area contributed by atoms with Gasteiger partial charge in [0.25, 0.3) is 10.0 Å². The van der Waals surface area contributed by atoms with Crippen LogP contribution in [-0.2, 0) is 10.0 Å². The van der Waals surface area contributed by atoms with Crippen molar-refractivity contribution < 1.29 is 21.9 Å². The lowest BCUT2D eigenvalue weighted by atomic mass is 10.3. The molecule has 21 heavy (non-hydrogen) atoms. The average molecular weight is 314 g/mol. The van der Waals surface area contributed by atoms with Gasteiger partial charge in [0.05, 0.1) is 7.11 Å². The molecule has 0 aliphatic carbocycles. The lowest BCUT2D eigenvalue weighted by molar-refractivity contribution is 0.415. The molecule has 112 valence electrons. The summed E-state index contributed by atoms with van der Waals surface area (Å²) in [6, 6.07) is 7.57. The fourth-order valence-electron chi connectivity index (χ4n) is 1.63. The molecule has 0 saturated heterocycles. The van der Waals surface area contributed by atoms with Crippen molar-refractivity contribution in [2.75, 3.05) is 17.6 Å². The molecule has 0 unspecified atom stereocenters. The summed E-state index contributed by atoms with van der Waals surface area (Å²) in [5.41, 5.74) is 4.52. The van der Waals surface area contributed by atoms with Crippen LogP contribution in [0.3, 0.4) is 0 Å². The van der Waals surface area contributed by atoms with E-state index in [9.17, 15) is 17.2 Å². The molecule has 8 heteroatoms. The second-order valence-corrected chi connectivity index (χ2v) is 5.76. The summed E-state index contributed by atoms with van der Waals surface area (Å²) in [5, 5.41) is 0. The maximum absolute atomic E-state index is 13.8. The van der Waals surface area contributed by atoms with Crippen LogP contribution in [0.25, 0.3) is 0 Å². The molecule has 2 rings (SSSR count). The first kappa shape index (κ1) is 15.0. The van der Waals surface area contributed by atoms with Gasteiger partial charge in [-0.25, -0.2) is 17.2 Å². The fraction of sp³-hybridized carbons (Fsp3) is 0.0769. The van der Waals surface area contributed by atoms with Crippen LogP contribution in [0.15, 0.2) is 41.3 Å². The second-order valence-electron chi connectivity index (χ2n) is 4.11. The molecule has 0 saturated carbocycles. The summed E-state index contributed by atoms with van der Waals surface area (Å²) in [4.78, 5) is -0.725. The van der Waals surface area contributed by atoms with Crippen molar-refractivity contribution in [3.8, 4) is 5.75 Å². The number of nitrogens with two attached hydrogens (primary N) is 1. The Morgan fingerprint density at radius 1 is 1.10 bits per heavy atom. The van der Waals surface area contributed by atoms with E-state index in [1.807, 2.05) is 0 Å². The highest BCUT2D eigenvalue weighted by Gasteiger charge is 2.22. The lowest BCUT2D eigenvalue weighted by Gasteiger charge is -2.10. The Morgan fingerprint density at radius 3 is 2.29 bits per heavy atom. The standard InChI is InChI=1S/C13H12F2N2O3S/c1-20-9-4-2-8(3-5-9)17-21(18,19)11-7-6-10(14)13(16)12(11)15/h2-7,17H,16H2,1H3. The van der Waals surface area contributed by atoms with E-state index in [1.165, 1.54) is 31.4 Å². The summed E-state index contributed by atoms with van der Waals surface area (Å²) in [6.45, 7) is 0. The highest BCUT2D eigenvalue weighted by Crippen LogP contribution is 2.25. The van der Waals surface area contributed by atoms with Crippen molar-refractivity contribution in [1.82, 2.24) is 0 Å². The van der Waals surface area contributed by atoms with Gasteiger partial charge in [0, 0.05) is 5.69 Å². The molecule has 0 atom stereocenters. The summed E-state index contributed by atoms with van der Waals surface area (Å²) in [7, 11) is -2.75. The maximum atomic E-state index is 13.8. The molecule has 0 aliphatic rings. The first-order valence-corrected chi connectivity index (χ1v) is 7.24. The van der Waals surface area contributed by atoms with Crippen LogP contribution in [0, 0.1) is 11.6 Å². The Labute approximate surface area is 120 Å². The second kappa shape index (κ2) is 5.57. The number of rotatable bonds is 4. The smallest absolute Gasteiger partial charge is 0.264 e. The number of anilines is 2. The number of hydrogen-bond donors (Lipinski definition) is 2. The van der Waals surface area contributed by atoms with Crippen molar-refractivity contribution in [2.24, 2.45) is 0 Å². The van der Waals surface area contributed by atoms with E-state index in [2.05, 4.69) is 4.72 Å². The van der Waals surface area contributed by atoms with Crippen molar-refractivity contribution in [3.63, 3.8) is 0 Å². The van der Waals surface area contributed by atoms with Gasteiger partial charge in [0.1, 0.15) is 22.1 Å². The molecule has 0 radical (unpaired) electrons. The summed E-state index contributed by atoms with van der Waals surface area (Å²) < 4.78 is 58.1. The number of ether oxygens (including phenoxy) is 1. The normalized spacial score (nSPS) is 11.2. The monoisotopic (exact) mass is 314 g/mol. The van der Waals surface area contributed by atoms with E-state index in [4.69, 9.17) is 10.5 Å². The Morgan fingerprint density at radius 2 is 1.71 bits per heavy atom. The van der Waals surface area contributed by atoms with Gasteiger partial charge in [0.2, 0.25) is 0 Å². The van der Waals surface area contributed by atoms with Gasteiger partial charge in [0.15, 0.2) is 5.82 Å². The maximum Gasteiger partial charge on any atom is 0.264 e. The third-order valence-electron chi connectivity index (χ3n) is 2.72. The number of nitrogens with one attached hydrogen (secondary N) is 1. The van der Waals surface area contributed by atoms with Gasteiger partial charge in [-0.3, -0.25) is 4.72 Å². The largest absolute Gasteiger partial charge is 0.497 e. The van der Waals surface area contributed by atoms with Crippen molar-refractivity contribution >= 4 is 21.4 Å². The zero-order valence-electron chi connectivity index (χ0n) is 10.9. The first-order chi connectivity index (χ1) is 9.85. The van der Waals surface area contributed by atoms with Crippen LogP contribution in [0.5, 0.6) is 5.75 Å².